The lowest BCUT2D eigenvalue weighted by Crippen LogP contribution is -2.41. The maximum atomic E-state index is 12.0. The molecule has 118 valence electrons. The fourth-order valence-corrected chi connectivity index (χ4v) is 3.32. The van der Waals surface area contributed by atoms with Gasteiger partial charge in [-0.1, -0.05) is 6.08 Å². The van der Waals surface area contributed by atoms with Crippen LogP contribution in [-0.2, 0) is 19.8 Å². The molecule has 3 rings (SSSR count). The summed E-state index contributed by atoms with van der Waals surface area (Å²) in [4.78, 5) is 14.2. The van der Waals surface area contributed by atoms with Crippen molar-refractivity contribution in [3.8, 4) is 0 Å². The highest BCUT2D eigenvalue weighted by Gasteiger charge is 2.32. The van der Waals surface area contributed by atoms with Crippen LogP contribution in [0, 0.1) is 0 Å². The van der Waals surface area contributed by atoms with Crippen LogP contribution in [0.15, 0.2) is 29.0 Å². The Balaban J connectivity index is 1.90. The molecule has 8 heteroatoms. The van der Waals surface area contributed by atoms with Crippen molar-refractivity contribution < 1.29 is 17.9 Å². The number of rotatable bonds is 2. The Bertz CT molecular complexity index is 706. The second kappa shape index (κ2) is 6.05. The number of allylic oxidation sites excluding steroid dienone is 1. The van der Waals surface area contributed by atoms with Gasteiger partial charge < -0.3 is 9.64 Å². The van der Waals surface area contributed by atoms with Gasteiger partial charge in [-0.05, 0) is 19.1 Å². The zero-order valence-electron chi connectivity index (χ0n) is 12.2. The van der Waals surface area contributed by atoms with Crippen LogP contribution >= 0.6 is 0 Å². The number of nitrogens with zero attached hydrogens (tertiary/aromatic N) is 3. The van der Waals surface area contributed by atoms with E-state index < -0.39 is 16.3 Å². The maximum Gasteiger partial charge on any atom is 0.249 e. The number of ether oxygens (including phenoxy) is 1. The first kappa shape index (κ1) is 15.0. The van der Waals surface area contributed by atoms with E-state index in [-0.39, 0.29) is 17.2 Å². The lowest BCUT2D eigenvalue weighted by molar-refractivity contribution is -0.128. The fourth-order valence-electron chi connectivity index (χ4n) is 2.72. The highest BCUT2D eigenvalue weighted by Crippen LogP contribution is 2.21. The summed E-state index contributed by atoms with van der Waals surface area (Å²) in [5.74, 6) is -0.182. The molecule has 0 bridgehead atoms. The lowest BCUT2D eigenvalue weighted by Gasteiger charge is -2.32. The summed E-state index contributed by atoms with van der Waals surface area (Å²) in [5.41, 5.74) is 1.52. The van der Waals surface area contributed by atoms with Crippen molar-refractivity contribution in [2.75, 3.05) is 26.3 Å². The van der Waals surface area contributed by atoms with Crippen LogP contribution in [0.4, 0.5) is 0 Å². The van der Waals surface area contributed by atoms with Crippen molar-refractivity contribution in [1.29, 1.82) is 0 Å². The highest BCUT2D eigenvalue weighted by atomic mass is 32.2. The van der Waals surface area contributed by atoms with E-state index in [1.807, 2.05) is 6.08 Å². The molecule has 22 heavy (non-hydrogen) atoms. The monoisotopic (exact) mass is 323 g/mol. The van der Waals surface area contributed by atoms with Gasteiger partial charge in [0.1, 0.15) is 10.9 Å². The predicted octanol–water partition coefficient (Wildman–Crippen LogP) is -0.199. The summed E-state index contributed by atoms with van der Waals surface area (Å²) in [6, 6.07) is -0.659. The van der Waals surface area contributed by atoms with Crippen molar-refractivity contribution in [2.45, 2.75) is 19.4 Å². The largest absolute Gasteiger partial charge is 0.378 e. The molecule has 1 aliphatic carbocycles. The average Bonchev–Trinajstić information content (AvgIpc) is 2.86. The third kappa shape index (κ3) is 2.84. The molecule has 1 fully saturated rings. The second-order valence-electron chi connectivity index (χ2n) is 5.36. The van der Waals surface area contributed by atoms with Gasteiger partial charge in [-0.2, -0.15) is 13.5 Å². The second-order valence-corrected chi connectivity index (χ2v) is 6.30. The van der Waals surface area contributed by atoms with Crippen molar-refractivity contribution in [3.63, 3.8) is 0 Å². The van der Waals surface area contributed by atoms with E-state index in [9.17, 15) is 13.2 Å². The summed E-state index contributed by atoms with van der Waals surface area (Å²) in [7, 11) is -2.41. The zero-order valence-corrected chi connectivity index (χ0v) is 13.0. The summed E-state index contributed by atoms with van der Waals surface area (Å²) < 4.78 is 28.5. The zero-order chi connectivity index (χ0) is 15.7. The summed E-state index contributed by atoms with van der Waals surface area (Å²) in [6.07, 6.45) is 5.43. The Morgan fingerprint density at radius 1 is 1.32 bits per heavy atom. The van der Waals surface area contributed by atoms with E-state index in [1.54, 1.807) is 19.1 Å². The Hall–Kier alpha value is -1.93. The number of hydrazone groups is 1. The quantitative estimate of drug-likeness (QED) is 0.658. The van der Waals surface area contributed by atoms with E-state index in [1.165, 1.54) is 5.01 Å². The minimum atomic E-state index is -2.41. The summed E-state index contributed by atoms with van der Waals surface area (Å²) in [6.45, 7) is 4.45. The van der Waals surface area contributed by atoms with Crippen LogP contribution < -0.4 is 0 Å². The molecule has 0 saturated carbocycles. The van der Waals surface area contributed by atoms with E-state index in [0.717, 1.165) is 18.8 Å². The standard InChI is InChI=1S/C14H17N3O4S/c1-10-8-14(18)17(15-10)12-3-2-11(9-13(12)22(19)20)16-4-6-21-7-5-16/h2-3,9,12H,4-8H2,1H3. The van der Waals surface area contributed by atoms with Crippen LogP contribution in [0.1, 0.15) is 13.3 Å². The topological polar surface area (TPSA) is 79.3 Å². The van der Waals surface area contributed by atoms with Crippen LogP contribution in [0.5, 0.6) is 0 Å². The summed E-state index contributed by atoms with van der Waals surface area (Å²) >= 11 is 0. The maximum absolute atomic E-state index is 12.0. The number of hydrogen-bond donors (Lipinski definition) is 0. The first-order valence-corrected chi connectivity index (χ1v) is 8.18. The number of carbonyl (C=O) groups is 1. The average molecular weight is 323 g/mol. The van der Waals surface area contributed by atoms with Gasteiger partial charge in [-0.15, -0.1) is 0 Å². The molecule has 0 aromatic rings. The van der Waals surface area contributed by atoms with Crippen molar-refractivity contribution in [1.82, 2.24) is 9.91 Å². The molecular weight excluding hydrogens is 306 g/mol. The SMILES string of the molecule is CC1=NN(C2C=CC(N3CCOCC3)=CC2=S(=O)=O)C(=O)C1. The lowest BCUT2D eigenvalue weighted by atomic mass is 10.0. The minimum Gasteiger partial charge on any atom is -0.378 e. The van der Waals surface area contributed by atoms with Crippen LogP contribution in [0.3, 0.4) is 0 Å². The van der Waals surface area contributed by atoms with Crippen LogP contribution in [0.2, 0.25) is 0 Å². The Morgan fingerprint density at radius 2 is 2.05 bits per heavy atom. The van der Waals surface area contributed by atoms with E-state index in [4.69, 9.17) is 4.74 Å². The molecule has 0 N–H and O–H groups in total. The molecule has 7 nitrogen and oxygen atoms in total. The predicted molar refractivity (Wildman–Crippen MR) is 81.9 cm³/mol. The van der Waals surface area contributed by atoms with Gasteiger partial charge in [-0.25, -0.2) is 5.01 Å². The molecule has 0 spiro atoms. The smallest absolute Gasteiger partial charge is 0.249 e. The van der Waals surface area contributed by atoms with Gasteiger partial charge >= 0.3 is 0 Å². The molecule has 1 atom stereocenters. The van der Waals surface area contributed by atoms with Gasteiger partial charge in [-0.3, -0.25) is 4.79 Å². The van der Waals surface area contributed by atoms with E-state index in [0.29, 0.717) is 18.9 Å². The molecule has 2 heterocycles. The van der Waals surface area contributed by atoms with Crippen LogP contribution in [-0.4, -0.2) is 67.2 Å². The third-order valence-electron chi connectivity index (χ3n) is 3.80. The highest BCUT2D eigenvalue weighted by molar-refractivity contribution is 7.73. The number of morpholine rings is 1. The third-order valence-corrected chi connectivity index (χ3v) is 4.55. The Labute approximate surface area is 130 Å². The first-order valence-electron chi connectivity index (χ1n) is 7.11. The Kier molecular flexibility index (Phi) is 4.12. The van der Waals surface area contributed by atoms with Gasteiger partial charge in [0.25, 0.3) is 0 Å². The minimum absolute atomic E-state index is 0.163. The van der Waals surface area contributed by atoms with E-state index in [2.05, 4.69) is 10.0 Å². The number of hydrogen-bond acceptors (Lipinski definition) is 6. The molecule has 0 aromatic carbocycles. The molecule has 0 radical (unpaired) electrons. The van der Waals surface area contributed by atoms with Crippen molar-refractivity contribution >= 4 is 26.8 Å². The van der Waals surface area contributed by atoms with Crippen LogP contribution in [0.25, 0.3) is 0 Å². The van der Waals surface area contributed by atoms with Gasteiger partial charge in [0.2, 0.25) is 16.2 Å². The molecule has 1 unspecified atom stereocenters. The Morgan fingerprint density at radius 3 is 2.64 bits per heavy atom. The van der Waals surface area contributed by atoms with Gasteiger partial charge in [0.05, 0.1) is 19.6 Å². The van der Waals surface area contributed by atoms with Gasteiger partial charge in [0, 0.05) is 24.5 Å². The molecule has 1 saturated heterocycles. The molecular formula is C14H17N3O4S. The normalized spacial score (nSPS) is 25.4. The van der Waals surface area contributed by atoms with Gasteiger partial charge in [0.15, 0.2) is 0 Å². The van der Waals surface area contributed by atoms with E-state index >= 15 is 0 Å². The summed E-state index contributed by atoms with van der Waals surface area (Å²) in [5, 5.41) is 5.41. The van der Waals surface area contributed by atoms with Crippen molar-refractivity contribution in [2.24, 2.45) is 5.10 Å². The molecule has 2 aliphatic heterocycles. The fraction of sp³-hybridized carbons (Fsp3) is 0.500. The molecule has 3 aliphatic rings. The molecule has 1 amide bonds. The molecule has 0 aromatic heterocycles. The van der Waals surface area contributed by atoms with Crippen molar-refractivity contribution in [3.05, 3.63) is 23.9 Å². The number of carbonyl (C=O) groups excluding carboxylic acids is 1. The first-order chi connectivity index (χ1) is 10.6. The number of amides is 1.